The van der Waals surface area contributed by atoms with Gasteiger partial charge in [0.2, 0.25) is 5.91 Å². The number of carbonyl (C=O) groups excluding carboxylic acids is 1. The van der Waals surface area contributed by atoms with Gasteiger partial charge < -0.3 is 24.3 Å². The highest BCUT2D eigenvalue weighted by molar-refractivity contribution is 5.97. The fraction of sp³-hybridized carbons (Fsp3) is 0.469. The standard InChI is InChI=1S/C32H40N6O2/c1-5-29(39)37-17-18-38(23(3)19-37)31-26-14-16-36(28-13-7-11-24-10-6-9-22(2)30(24)28)20-27(26)33-32(34-31)40-21-25-12-8-15-35(25)4/h5-7,9-11,13,23,25H,1,8,12,14-21H2,2-4H3/t23-,25-/m0/s1/i2D3. The Labute approximate surface area is 241 Å². The van der Waals surface area contributed by atoms with Gasteiger partial charge in [0, 0.05) is 59.0 Å². The smallest absolute Gasteiger partial charge is 0.318 e. The van der Waals surface area contributed by atoms with Crippen LogP contribution in [0.4, 0.5) is 11.5 Å². The van der Waals surface area contributed by atoms with Crippen LogP contribution in [0.5, 0.6) is 6.01 Å². The number of rotatable bonds is 6. The van der Waals surface area contributed by atoms with E-state index in [1.54, 1.807) is 6.07 Å². The molecule has 0 N–H and O–H groups in total. The van der Waals surface area contributed by atoms with Crippen molar-refractivity contribution in [3.63, 3.8) is 0 Å². The van der Waals surface area contributed by atoms with Crippen LogP contribution in [-0.4, -0.2) is 84.1 Å². The highest BCUT2D eigenvalue weighted by Gasteiger charge is 2.32. The molecule has 3 aromatic rings. The summed E-state index contributed by atoms with van der Waals surface area (Å²) in [5.74, 6) is 0.821. The van der Waals surface area contributed by atoms with Gasteiger partial charge in [-0.25, -0.2) is 0 Å². The maximum absolute atomic E-state index is 12.3. The summed E-state index contributed by atoms with van der Waals surface area (Å²) in [6.45, 7) is 8.20. The number of nitrogens with zero attached hydrogens (tertiary/aromatic N) is 6. The Bertz CT molecular complexity index is 1520. The van der Waals surface area contributed by atoms with Crippen molar-refractivity contribution in [2.45, 2.75) is 51.7 Å². The first kappa shape index (κ1) is 23.1. The van der Waals surface area contributed by atoms with E-state index in [0.29, 0.717) is 63.4 Å². The van der Waals surface area contributed by atoms with Gasteiger partial charge in [-0.2, -0.15) is 9.97 Å². The van der Waals surface area contributed by atoms with Crippen LogP contribution in [0.2, 0.25) is 0 Å². The molecule has 0 bridgehead atoms. The minimum atomic E-state index is -2.22. The van der Waals surface area contributed by atoms with E-state index in [-0.39, 0.29) is 11.9 Å². The van der Waals surface area contributed by atoms with Crippen LogP contribution >= 0.6 is 0 Å². The minimum absolute atomic E-state index is 0.0527. The average Bonchev–Trinajstić information content (AvgIpc) is 3.42. The summed E-state index contributed by atoms with van der Waals surface area (Å²) < 4.78 is 30.9. The molecule has 6 rings (SSSR count). The fourth-order valence-electron chi connectivity index (χ4n) is 6.44. The second-order valence-corrected chi connectivity index (χ2v) is 11.2. The molecule has 210 valence electrons. The number of anilines is 2. The van der Waals surface area contributed by atoms with E-state index < -0.39 is 6.85 Å². The third kappa shape index (κ3) is 5.01. The lowest BCUT2D eigenvalue weighted by Crippen LogP contribution is -2.54. The highest BCUT2D eigenvalue weighted by Crippen LogP contribution is 2.36. The van der Waals surface area contributed by atoms with E-state index in [0.717, 1.165) is 52.9 Å². The number of hydrogen-bond donors (Lipinski definition) is 0. The lowest BCUT2D eigenvalue weighted by molar-refractivity contribution is -0.126. The number of amides is 1. The number of aryl methyl sites for hydroxylation is 1. The summed E-state index contributed by atoms with van der Waals surface area (Å²) in [4.78, 5) is 30.9. The summed E-state index contributed by atoms with van der Waals surface area (Å²) in [7, 11) is 2.13. The van der Waals surface area contributed by atoms with Crippen molar-refractivity contribution in [2.24, 2.45) is 0 Å². The Morgan fingerprint density at radius 3 is 2.77 bits per heavy atom. The molecule has 8 heteroatoms. The molecule has 0 aliphatic carbocycles. The molecule has 2 aromatic carbocycles. The molecule has 0 spiro atoms. The van der Waals surface area contributed by atoms with Gasteiger partial charge in [0.15, 0.2) is 0 Å². The summed E-state index contributed by atoms with van der Waals surface area (Å²) in [5.41, 5.74) is 3.25. The van der Waals surface area contributed by atoms with Crippen molar-refractivity contribution in [2.75, 3.05) is 56.2 Å². The normalized spacial score (nSPS) is 22.9. The Balaban J connectivity index is 1.36. The average molecular weight is 544 g/mol. The molecule has 2 saturated heterocycles. The maximum atomic E-state index is 12.3. The molecule has 2 fully saturated rings. The van der Waals surface area contributed by atoms with Crippen LogP contribution in [0, 0.1) is 6.85 Å². The van der Waals surface area contributed by atoms with Gasteiger partial charge in [-0.05, 0) is 69.7 Å². The predicted molar refractivity (Wildman–Crippen MR) is 160 cm³/mol. The predicted octanol–water partition coefficient (Wildman–Crippen LogP) is 4.20. The molecule has 3 aliphatic heterocycles. The van der Waals surface area contributed by atoms with Gasteiger partial charge in [-0.15, -0.1) is 0 Å². The lowest BCUT2D eigenvalue weighted by Gasteiger charge is -2.42. The van der Waals surface area contributed by atoms with Crippen LogP contribution < -0.4 is 14.5 Å². The zero-order valence-electron chi connectivity index (χ0n) is 26.5. The molecule has 0 unspecified atom stereocenters. The Kier molecular flexibility index (Phi) is 6.40. The summed E-state index contributed by atoms with van der Waals surface area (Å²) >= 11 is 0. The minimum Gasteiger partial charge on any atom is -0.462 e. The molecule has 2 atom stereocenters. The van der Waals surface area contributed by atoms with Gasteiger partial charge in [0.25, 0.3) is 0 Å². The highest BCUT2D eigenvalue weighted by atomic mass is 16.5. The summed E-state index contributed by atoms with van der Waals surface area (Å²) in [6, 6.07) is 12.2. The number of hydrogen-bond acceptors (Lipinski definition) is 7. The van der Waals surface area contributed by atoms with Crippen molar-refractivity contribution in [1.82, 2.24) is 19.8 Å². The number of carbonyl (C=O) groups is 1. The van der Waals surface area contributed by atoms with Crippen molar-refractivity contribution >= 4 is 28.2 Å². The zero-order valence-corrected chi connectivity index (χ0v) is 23.5. The Hall–Kier alpha value is -3.65. The molecule has 3 aliphatic rings. The summed E-state index contributed by atoms with van der Waals surface area (Å²) in [6.07, 6.45) is 4.33. The van der Waals surface area contributed by atoms with Crippen LogP contribution in [0.1, 0.15) is 40.7 Å². The van der Waals surface area contributed by atoms with E-state index in [1.807, 2.05) is 35.2 Å². The van der Waals surface area contributed by atoms with Gasteiger partial charge in [-0.1, -0.05) is 36.9 Å². The number of likely N-dealkylation sites (N-methyl/N-ethyl adjacent to an activating group) is 1. The van der Waals surface area contributed by atoms with Gasteiger partial charge >= 0.3 is 6.01 Å². The number of benzene rings is 2. The third-order valence-corrected chi connectivity index (χ3v) is 8.71. The van der Waals surface area contributed by atoms with E-state index in [2.05, 4.69) is 35.3 Å². The lowest BCUT2D eigenvalue weighted by atomic mass is 9.99. The van der Waals surface area contributed by atoms with E-state index >= 15 is 0 Å². The van der Waals surface area contributed by atoms with Crippen LogP contribution in [0.25, 0.3) is 10.8 Å². The monoisotopic (exact) mass is 543 g/mol. The first-order valence-electron chi connectivity index (χ1n) is 15.8. The molecule has 4 heterocycles. The molecular weight excluding hydrogens is 500 g/mol. The topological polar surface area (TPSA) is 65.0 Å². The molecule has 8 nitrogen and oxygen atoms in total. The largest absolute Gasteiger partial charge is 0.462 e. The number of fused-ring (bicyclic) bond motifs is 2. The second-order valence-electron chi connectivity index (χ2n) is 11.2. The van der Waals surface area contributed by atoms with E-state index in [9.17, 15) is 4.79 Å². The molecular formula is C32H40N6O2. The van der Waals surface area contributed by atoms with Crippen molar-refractivity contribution < 1.29 is 13.6 Å². The van der Waals surface area contributed by atoms with Gasteiger partial charge in [-0.3, -0.25) is 4.79 Å². The fourth-order valence-corrected chi connectivity index (χ4v) is 6.44. The molecule has 1 amide bonds. The zero-order chi connectivity index (χ0) is 30.3. The van der Waals surface area contributed by atoms with E-state index in [4.69, 9.17) is 18.8 Å². The first-order valence-corrected chi connectivity index (χ1v) is 14.3. The van der Waals surface area contributed by atoms with Crippen molar-refractivity contribution in [3.05, 3.63) is 65.9 Å². The van der Waals surface area contributed by atoms with Crippen LogP contribution in [0.3, 0.4) is 0 Å². The summed E-state index contributed by atoms with van der Waals surface area (Å²) in [5, 5.41) is 1.67. The number of aromatic nitrogens is 2. The van der Waals surface area contributed by atoms with Crippen LogP contribution in [-0.2, 0) is 17.8 Å². The van der Waals surface area contributed by atoms with Gasteiger partial charge in [0.1, 0.15) is 12.4 Å². The van der Waals surface area contributed by atoms with Crippen molar-refractivity contribution in [3.8, 4) is 6.01 Å². The maximum Gasteiger partial charge on any atom is 0.318 e. The van der Waals surface area contributed by atoms with Gasteiger partial charge in [0.05, 0.1) is 12.2 Å². The third-order valence-electron chi connectivity index (χ3n) is 8.71. The Morgan fingerprint density at radius 2 is 2.02 bits per heavy atom. The van der Waals surface area contributed by atoms with E-state index in [1.165, 1.54) is 6.08 Å². The Morgan fingerprint density at radius 1 is 1.18 bits per heavy atom. The molecule has 40 heavy (non-hydrogen) atoms. The molecule has 0 saturated carbocycles. The number of likely N-dealkylation sites (tertiary alicyclic amines) is 1. The first-order chi connectivity index (χ1) is 20.6. The quantitative estimate of drug-likeness (QED) is 0.432. The molecule has 0 radical (unpaired) electrons. The van der Waals surface area contributed by atoms with Crippen molar-refractivity contribution in [1.29, 1.82) is 0 Å². The van der Waals surface area contributed by atoms with Crippen LogP contribution in [0.15, 0.2) is 49.1 Å². The SMILES string of the molecule is [2H]C([2H])([2H])c1cccc2cccc(N3CCc4c(nc(OC[C@@H]5CCCN5C)nc4N4CCN(C(=O)C=C)C[C@@H]4C)C3)c12. The molecule has 1 aromatic heterocycles. The number of ether oxygens (including phenoxy) is 1. The second kappa shape index (κ2) is 11.1. The number of piperazine rings is 1.